The molecule has 7 heteroatoms. The van der Waals surface area contributed by atoms with Gasteiger partial charge in [0.2, 0.25) is 0 Å². The molecule has 1 fully saturated rings. The second kappa shape index (κ2) is 7.76. The number of hydrogen-bond acceptors (Lipinski definition) is 5. The minimum absolute atomic E-state index is 0.117. The maximum absolute atomic E-state index is 12.7. The third-order valence-electron chi connectivity index (χ3n) is 5.25. The Morgan fingerprint density at radius 2 is 2.07 bits per heavy atom. The Balaban J connectivity index is 1.51. The summed E-state index contributed by atoms with van der Waals surface area (Å²) in [5.41, 5.74) is 3.94. The Hall–Kier alpha value is -3.66. The van der Waals surface area contributed by atoms with Crippen molar-refractivity contribution in [2.45, 2.75) is 19.9 Å². The zero-order chi connectivity index (χ0) is 20.4. The molecule has 1 aliphatic rings. The van der Waals surface area contributed by atoms with Gasteiger partial charge in [-0.15, -0.1) is 0 Å². The molecule has 2 amide bonds. The van der Waals surface area contributed by atoms with Gasteiger partial charge in [0, 0.05) is 48.6 Å². The summed E-state index contributed by atoms with van der Waals surface area (Å²) >= 11 is 0. The lowest BCUT2D eigenvalue weighted by atomic mass is 10.1. The summed E-state index contributed by atoms with van der Waals surface area (Å²) in [5, 5.41) is 13.2. The molecular formula is C22H22N6O. The molecule has 0 spiro atoms. The highest BCUT2D eigenvalue weighted by Crippen LogP contribution is 2.30. The molecule has 1 saturated heterocycles. The molecule has 146 valence electrons. The molecule has 1 aromatic carbocycles. The fourth-order valence-electron chi connectivity index (χ4n) is 3.74. The molecule has 1 N–H and O–H groups in total. The van der Waals surface area contributed by atoms with Crippen LogP contribution in [0.15, 0.2) is 48.8 Å². The summed E-state index contributed by atoms with van der Waals surface area (Å²) < 4.78 is 0. The van der Waals surface area contributed by atoms with Crippen molar-refractivity contribution in [3.05, 3.63) is 60.0 Å². The van der Waals surface area contributed by atoms with Gasteiger partial charge in [0.15, 0.2) is 0 Å². The molecular weight excluding hydrogens is 364 g/mol. The van der Waals surface area contributed by atoms with Gasteiger partial charge in [-0.2, -0.15) is 5.26 Å². The lowest BCUT2D eigenvalue weighted by molar-refractivity contribution is 0.200. The molecule has 2 aromatic heterocycles. The number of hydrogen-bond donors (Lipinski definition) is 1. The monoisotopic (exact) mass is 386 g/mol. The van der Waals surface area contributed by atoms with Gasteiger partial charge < -0.3 is 15.1 Å². The fourth-order valence-corrected chi connectivity index (χ4v) is 3.74. The Labute approximate surface area is 169 Å². The number of piperazine rings is 1. The molecule has 0 saturated carbocycles. The smallest absolute Gasteiger partial charge is 0.322 e. The molecule has 29 heavy (non-hydrogen) atoms. The maximum Gasteiger partial charge on any atom is 0.322 e. The van der Waals surface area contributed by atoms with Crippen molar-refractivity contribution >= 4 is 28.3 Å². The molecule has 0 aliphatic carbocycles. The van der Waals surface area contributed by atoms with Crippen LogP contribution in [0.4, 0.5) is 16.2 Å². The van der Waals surface area contributed by atoms with E-state index in [1.54, 1.807) is 12.4 Å². The standard InChI is InChI=1S/C22H22N6O/c1-15-5-7-18(13-25-15)26-22(29)27-10-11-28(16(2)14-27)20-8-6-17(12-23)21-19(20)4-3-9-24-21/h3-9,13,16H,10-11,14H2,1-2H3,(H,26,29). The Morgan fingerprint density at radius 1 is 1.21 bits per heavy atom. The molecule has 1 atom stereocenters. The number of nitrogens with one attached hydrogen (secondary N) is 1. The van der Waals surface area contributed by atoms with E-state index in [0.717, 1.165) is 16.8 Å². The number of nitriles is 1. The van der Waals surface area contributed by atoms with Crippen LogP contribution in [0.3, 0.4) is 0 Å². The minimum Gasteiger partial charge on any atom is -0.365 e. The molecule has 3 aromatic rings. The average Bonchev–Trinajstić information content (AvgIpc) is 2.74. The second-order valence-electron chi connectivity index (χ2n) is 7.25. The first-order chi connectivity index (χ1) is 14.1. The quantitative estimate of drug-likeness (QED) is 0.728. The summed E-state index contributed by atoms with van der Waals surface area (Å²) in [6.07, 6.45) is 3.38. The summed E-state index contributed by atoms with van der Waals surface area (Å²) in [6.45, 7) is 5.93. The van der Waals surface area contributed by atoms with E-state index in [-0.39, 0.29) is 12.1 Å². The Morgan fingerprint density at radius 3 is 2.79 bits per heavy atom. The van der Waals surface area contributed by atoms with Gasteiger partial charge >= 0.3 is 6.03 Å². The van der Waals surface area contributed by atoms with Crippen LogP contribution in [0.5, 0.6) is 0 Å². The van der Waals surface area contributed by atoms with E-state index in [0.29, 0.717) is 36.4 Å². The van der Waals surface area contributed by atoms with E-state index in [1.807, 2.05) is 48.2 Å². The van der Waals surface area contributed by atoms with E-state index < -0.39 is 0 Å². The van der Waals surface area contributed by atoms with Crippen molar-refractivity contribution in [3.63, 3.8) is 0 Å². The van der Waals surface area contributed by atoms with Crippen LogP contribution in [0.2, 0.25) is 0 Å². The molecule has 4 rings (SSSR count). The number of carbonyl (C=O) groups is 1. The van der Waals surface area contributed by atoms with Gasteiger partial charge in [0.1, 0.15) is 6.07 Å². The third-order valence-corrected chi connectivity index (χ3v) is 5.25. The van der Waals surface area contributed by atoms with Crippen molar-refractivity contribution in [2.75, 3.05) is 29.9 Å². The van der Waals surface area contributed by atoms with Crippen molar-refractivity contribution in [1.82, 2.24) is 14.9 Å². The number of amides is 2. The van der Waals surface area contributed by atoms with Gasteiger partial charge in [0.05, 0.1) is 23.0 Å². The number of fused-ring (bicyclic) bond motifs is 1. The highest BCUT2D eigenvalue weighted by Gasteiger charge is 2.28. The minimum atomic E-state index is -0.117. The lowest BCUT2D eigenvalue weighted by Crippen LogP contribution is -2.54. The first kappa shape index (κ1) is 18.7. The van der Waals surface area contributed by atoms with Gasteiger partial charge in [-0.25, -0.2) is 4.79 Å². The normalized spacial score (nSPS) is 16.5. The molecule has 0 bridgehead atoms. The van der Waals surface area contributed by atoms with Gasteiger partial charge in [-0.3, -0.25) is 9.97 Å². The number of nitrogens with zero attached hydrogens (tertiary/aromatic N) is 5. The average molecular weight is 386 g/mol. The zero-order valence-electron chi connectivity index (χ0n) is 16.5. The molecule has 1 unspecified atom stereocenters. The highest BCUT2D eigenvalue weighted by atomic mass is 16.2. The summed E-state index contributed by atoms with van der Waals surface area (Å²) in [6, 6.07) is 13.6. The van der Waals surface area contributed by atoms with Crippen molar-refractivity contribution in [3.8, 4) is 6.07 Å². The van der Waals surface area contributed by atoms with E-state index in [4.69, 9.17) is 0 Å². The summed E-state index contributed by atoms with van der Waals surface area (Å²) in [5.74, 6) is 0. The van der Waals surface area contributed by atoms with Crippen molar-refractivity contribution in [2.24, 2.45) is 0 Å². The van der Waals surface area contributed by atoms with E-state index in [1.165, 1.54) is 0 Å². The molecule has 1 aliphatic heterocycles. The van der Waals surface area contributed by atoms with Gasteiger partial charge in [-0.05, 0) is 50.2 Å². The highest BCUT2D eigenvalue weighted by molar-refractivity contribution is 5.95. The van der Waals surface area contributed by atoms with Crippen molar-refractivity contribution < 1.29 is 4.79 Å². The third kappa shape index (κ3) is 3.69. The van der Waals surface area contributed by atoms with Crippen molar-refractivity contribution in [1.29, 1.82) is 5.26 Å². The predicted molar refractivity (Wildman–Crippen MR) is 113 cm³/mol. The first-order valence-electron chi connectivity index (χ1n) is 9.60. The zero-order valence-corrected chi connectivity index (χ0v) is 16.5. The van der Waals surface area contributed by atoms with Crippen LogP contribution in [0.1, 0.15) is 18.2 Å². The largest absolute Gasteiger partial charge is 0.365 e. The van der Waals surface area contributed by atoms with E-state index in [9.17, 15) is 10.1 Å². The maximum atomic E-state index is 12.7. The Bertz CT molecular complexity index is 1090. The van der Waals surface area contributed by atoms with Crippen LogP contribution in [0, 0.1) is 18.3 Å². The van der Waals surface area contributed by atoms with Crippen LogP contribution in [-0.4, -0.2) is 46.6 Å². The molecule has 3 heterocycles. The SMILES string of the molecule is Cc1ccc(NC(=O)N2CCN(c3ccc(C#N)c4ncccc34)C(C)C2)cn1. The number of anilines is 2. The van der Waals surface area contributed by atoms with Gasteiger partial charge in [-0.1, -0.05) is 0 Å². The lowest BCUT2D eigenvalue weighted by Gasteiger charge is -2.41. The van der Waals surface area contributed by atoms with Crippen LogP contribution in [0.25, 0.3) is 10.9 Å². The van der Waals surface area contributed by atoms with E-state index in [2.05, 4.69) is 33.2 Å². The second-order valence-corrected chi connectivity index (χ2v) is 7.25. The van der Waals surface area contributed by atoms with Crippen LogP contribution in [-0.2, 0) is 0 Å². The number of aryl methyl sites for hydroxylation is 1. The van der Waals surface area contributed by atoms with Gasteiger partial charge in [0.25, 0.3) is 0 Å². The van der Waals surface area contributed by atoms with Crippen LogP contribution < -0.4 is 10.2 Å². The fraction of sp³-hybridized carbons (Fsp3) is 0.273. The summed E-state index contributed by atoms with van der Waals surface area (Å²) in [7, 11) is 0. The van der Waals surface area contributed by atoms with E-state index >= 15 is 0 Å². The molecule has 7 nitrogen and oxygen atoms in total. The number of benzene rings is 1. The topological polar surface area (TPSA) is 85.2 Å². The number of aromatic nitrogens is 2. The Kier molecular flexibility index (Phi) is 5.00. The summed E-state index contributed by atoms with van der Waals surface area (Å²) in [4.78, 5) is 25.4. The first-order valence-corrected chi connectivity index (χ1v) is 9.60. The number of rotatable bonds is 2. The molecule has 0 radical (unpaired) electrons. The van der Waals surface area contributed by atoms with Crippen LogP contribution >= 0.6 is 0 Å². The number of pyridine rings is 2. The predicted octanol–water partition coefficient (Wildman–Crippen LogP) is 3.55. The number of urea groups is 1. The number of carbonyl (C=O) groups excluding carboxylic acids is 1.